The average molecular weight is 288 g/mol. The van der Waals surface area contributed by atoms with Crippen molar-refractivity contribution >= 4 is 5.91 Å². The van der Waals surface area contributed by atoms with Gasteiger partial charge in [-0.1, -0.05) is 20.8 Å². The van der Waals surface area contributed by atoms with Gasteiger partial charge in [0.05, 0.1) is 6.20 Å². The van der Waals surface area contributed by atoms with Crippen LogP contribution in [-0.2, 0) is 4.79 Å². The zero-order valence-corrected chi connectivity index (χ0v) is 13.1. The van der Waals surface area contributed by atoms with E-state index in [1.54, 1.807) is 12.4 Å². The smallest absolute Gasteiger partial charge is 0.227 e. The monoisotopic (exact) mass is 288 g/mol. The van der Waals surface area contributed by atoms with Crippen LogP contribution in [0.25, 0.3) is 0 Å². The number of aromatic nitrogens is 1. The van der Waals surface area contributed by atoms with Crippen LogP contribution in [0, 0.1) is 17.3 Å². The lowest BCUT2D eigenvalue weighted by atomic mass is 9.95. The summed E-state index contributed by atoms with van der Waals surface area (Å²) in [5, 5.41) is 0. The Morgan fingerprint density at radius 1 is 1.33 bits per heavy atom. The minimum absolute atomic E-state index is 0.219. The van der Waals surface area contributed by atoms with Gasteiger partial charge in [-0.15, -0.1) is 0 Å². The maximum atomic E-state index is 12.4. The quantitative estimate of drug-likeness (QED) is 0.840. The van der Waals surface area contributed by atoms with E-state index in [0.717, 1.165) is 31.7 Å². The first-order chi connectivity index (χ1) is 9.95. The number of nitrogens with zero attached hydrogens (tertiary/aromatic N) is 2. The lowest BCUT2D eigenvalue weighted by molar-refractivity contribution is -0.138. The van der Waals surface area contributed by atoms with Crippen molar-refractivity contribution in [3.8, 4) is 5.75 Å². The predicted molar refractivity (Wildman–Crippen MR) is 80.9 cm³/mol. The Hall–Kier alpha value is -1.58. The lowest BCUT2D eigenvalue weighted by Gasteiger charge is -2.27. The topological polar surface area (TPSA) is 42.4 Å². The molecule has 1 aliphatic heterocycles. The van der Waals surface area contributed by atoms with Gasteiger partial charge in [0.25, 0.3) is 0 Å². The molecular formula is C17H24N2O2. The van der Waals surface area contributed by atoms with Gasteiger partial charge in [-0.2, -0.15) is 0 Å². The summed E-state index contributed by atoms with van der Waals surface area (Å²) in [7, 11) is 0. The van der Waals surface area contributed by atoms with Crippen molar-refractivity contribution in [1.82, 2.24) is 9.88 Å². The molecule has 0 N–H and O–H groups in total. The lowest BCUT2D eigenvalue weighted by Crippen LogP contribution is -2.39. The summed E-state index contributed by atoms with van der Waals surface area (Å²) in [5.41, 5.74) is -0.293. The van der Waals surface area contributed by atoms with Gasteiger partial charge in [0, 0.05) is 30.6 Å². The third-order valence-corrected chi connectivity index (χ3v) is 4.64. The number of pyridine rings is 1. The molecule has 1 aromatic heterocycles. The Kier molecular flexibility index (Phi) is 3.64. The Balaban J connectivity index is 1.65. The van der Waals surface area contributed by atoms with E-state index in [0.29, 0.717) is 11.8 Å². The summed E-state index contributed by atoms with van der Waals surface area (Å²) < 4.78 is 6.10. The molecule has 0 radical (unpaired) electrons. The molecule has 0 aromatic carbocycles. The van der Waals surface area contributed by atoms with Crippen molar-refractivity contribution in [3.63, 3.8) is 0 Å². The fourth-order valence-electron chi connectivity index (χ4n) is 3.59. The van der Waals surface area contributed by atoms with Crippen LogP contribution in [0.2, 0.25) is 0 Å². The van der Waals surface area contributed by atoms with E-state index >= 15 is 0 Å². The molecule has 2 fully saturated rings. The molecule has 2 aliphatic rings. The van der Waals surface area contributed by atoms with Crippen molar-refractivity contribution in [3.05, 3.63) is 24.5 Å². The number of carbonyl (C=O) groups is 1. The maximum absolute atomic E-state index is 12.4. The number of hydrogen-bond donors (Lipinski definition) is 0. The maximum Gasteiger partial charge on any atom is 0.227 e. The van der Waals surface area contributed by atoms with Gasteiger partial charge in [0.1, 0.15) is 11.9 Å². The van der Waals surface area contributed by atoms with Crippen LogP contribution in [0.3, 0.4) is 0 Å². The van der Waals surface area contributed by atoms with Crippen LogP contribution >= 0.6 is 0 Å². The average Bonchev–Trinajstić information content (AvgIpc) is 3.00. The largest absolute Gasteiger partial charge is 0.488 e. The molecule has 0 spiro atoms. The normalized spacial score (nSPS) is 28.5. The third-order valence-electron chi connectivity index (χ3n) is 4.64. The van der Waals surface area contributed by atoms with Crippen molar-refractivity contribution in [2.75, 3.05) is 13.1 Å². The van der Waals surface area contributed by atoms with Crippen molar-refractivity contribution in [2.45, 2.75) is 39.7 Å². The van der Waals surface area contributed by atoms with Crippen LogP contribution in [0.5, 0.6) is 5.75 Å². The highest BCUT2D eigenvalue weighted by Gasteiger charge is 2.46. The van der Waals surface area contributed by atoms with Crippen molar-refractivity contribution in [1.29, 1.82) is 0 Å². The Morgan fingerprint density at radius 2 is 2.14 bits per heavy atom. The predicted octanol–water partition coefficient (Wildman–Crippen LogP) is 2.74. The fourth-order valence-corrected chi connectivity index (χ4v) is 3.59. The second kappa shape index (κ2) is 5.32. The first kappa shape index (κ1) is 14.4. The number of likely N-dealkylation sites (tertiary alicyclic amines) is 1. The van der Waals surface area contributed by atoms with E-state index in [1.165, 1.54) is 0 Å². The number of carbonyl (C=O) groups excluding carboxylic acids is 1. The first-order valence-electron chi connectivity index (χ1n) is 7.81. The first-order valence-corrected chi connectivity index (χ1v) is 7.81. The van der Waals surface area contributed by atoms with E-state index in [4.69, 9.17) is 4.74 Å². The number of hydrogen-bond acceptors (Lipinski definition) is 3. The van der Waals surface area contributed by atoms with E-state index < -0.39 is 0 Å². The Morgan fingerprint density at radius 3 is 2.81 bits per heavy atom. The standard InChI is InChI=1S/C17H24N2O2/c1-17(2,3)16(20)19-10-12-6-7-15(14(12)11-19)21-13-5-4-8-18-9-13/h4-5,8-9,12,14-15H,6-7,10-11H2,1-3H3. The van der Waals surface area contributed by atoms with Gasteiger partial charge in [0.2, 0.25) is 5.91 Å². The van der Waals surface area contributed by atoms with Gasteiger partial charge < -0.3 is 9.64 Å². The molecule has 3 rings (SSSR count). The molecule has 1 amide bonds. The van der Waals surface area contributed by atoms with Gasteiger partial charge in [0.15, 0.2) is 0 Å². The third kappa shape index (κ3) is 2.89. The molecule has 1 saturated carbocycles. The zero-order chi connectivity index (χ0) is 15.0. The van der Waals surface area contributed by atoms with Crippen LogP contribution in [-0.4, -0.2) is 35.0 Å². The van der Waals surface area contributed by atoms with E-state index in [-0.39, 0.29) is 17.4 Å². The highest BCUT2D eigenvalue weighted by Crippen LogP contribution is 2.41. The molecule has 1 aliphatic carbocycles. The molecule has 21 heavy (non-hydrogen) atoms. The highest BCUT2D eigenvalue weighted by atomic mass is 16.5. The minimum atomic E-state index is -0.293. The Bertz CT molecular complexity index is 509. The summed E-state index contributed by atoms with van der Waals surface area (Å²) in [6.07, 6.45) is 5.98. The van der Waals surface area contributed by atoms with Crippen LogP contribution in [0.15, 0.2) is 24.5 Å². The summed E-state index contributed by atoms with van der Waals surface area (Å²) >= 11 is 0. The number of ether oxygens (including phenoxy) is 1. The van der Waals surface area contributed by atoms with Gasteiger partial charge in [-0.3, -0.25) is 9.78 Å². The van der Waals surface area contributed by atoms with E-state index in [2.05, 4.69) is 4.98 Å². The van der Waals surface area contributed by atoms with Gasteiger partial charge in [-0.25, -0.2) is 0 Å². The molecule has 4 heteroatoms. The molecule has 114 valence electrons. The summed E-state index contributed by atoms with van der Waals surface area (Å²) in [6, 6.07) is 3.85. The molecule has 2 heterocycles. The number of amides is 1. The SMILES string of the molecule is CC(C)(C)C(=O)N1CC2CCC(Oc3cccnc3)C2C1. The van der Waals surface area contributed by atoms with Crippen LogP contribution < -0.4 is 4.74 Å². The van der Waals surface area contributed by atoms with E-state index in [1.807, 2.05) is 37.8 Å². The molecule has 4 nitrogen and oxygen atoms in total. The summed E-state index contributed by atoms with van der Waals surface area (Å²) in [4.78, 5) is 18.6. The van der Waals surface area contributed by atoms with Crippen LogP contribution in [0.1, 0.15) is 33.6 Å². The number of rotatable bonds is 2. The van der Waals surface area contributed by atoms with Crippen molar-refractivity contribution in [2.24, 2.45) is 17.3 Å². The second-order valence-electron chi connectivity index (χ2n) is 7.31. The van der Waals surface area contributed by atoms with Crippen LogP contribution in [0.4, 0.5) is 0 Å². The molecule has 1 saturated heterocycles. The van der Waals surface area contributed by atoms with E-state index in [9.17, 15) is 4.79 Å². The molecule has 0 bridgehead atoms. The molecule has 1 aromatic rings. The van der Waals surface area contributed by atoms with Gasteiger partial charge >= 0.3 is 0 Å². The highest BCUT2D eigenvalue weighted by molar-refractivity contribution is 5.81. The Labute approximate surface area is 126 Å². The fraction of sp³-hybridized carbons (Fsp3) is 0.647. The number of fused-ring (bicyclic) bond motifs is 1. The second-order valence-corrected chi connectivity index (χ2v) is 7.31. The summed E-state index contributed by atoms with van der Waals surface area (Å²) in [6.45, 7) is 7.71. The molecule has 3 unspecified atom stereocenters. The minimum Gasteiger partial charge on any atom is -0.488 e. The van der Waals surface area contributed by atoms with Crippen molar-refractivity contribution < 1.29 is 9.53 Å². The van der Waals surface area contributed by atoms with Gasteiger partial charge in [-0.05, 0) is 30.9 Å². The summed E-state index contributed by atoms with van der Waals surface area (Å²) in [5.74, 6) is 2.16. The molecular weight excluding hydrogens is 264 g/mol. The molecule has 3 atom stereocenters. The zero-order valence-electron chi connectivity index (χ0n) is 13.1.